The minimum absolute atomic E-state index is 0.0475. The topological polar surface area (TPSA) is 161 Å². The third-order valence-corrected chi connectivity index (χ3v) is 10.00. The number of benzene rings is 2. The van der Waals surface area contributed by atoms with Crippen LogP contribution in [0.2, 0.25) is 0 Å². The first-order chi connectivity index (χ1) is 21.4. The van der Waals surface area contributed by atoms with Crippen LogP contribution in [0.15, 0.2) is 77.4 Å². The Balaban J connectivity index is 1.79. The van der Waals surface area contributed by atoms with Crippen molar-refractivity contribution in [1.29, 1.82) is 0 Å². The number of carboxylic acids is 1. The van der Waals surface area contributed by atoms with E-state index in [0.717, 1.165) is 22.6 Å². The number of allylic oxidation sites excluding steroid dienone is 5. The van der Waals surface area contributed by atoms with E-state index in [4.69, 9.17) is 9.84 Å². The summed E-state index contributed by atoms with van der Waals surface area (Å²) in [4.78, 5) is 10.6. The Morgan fingerprint density at radius 3 is 2.41 bits per heavy atom. The van der Waals surface area contributed by atoms with Gasteiger partial charge in [0.2, 0.25) is 5.69 Å². The molecule has 2 aromatic carbocycles. The highest BCUT2D eigenvalue weighted by molar-refractivity contribution is 7.86. The summed E-state index contributed by atoms with van der Waals surface area (Å²) < 4.78 is 76.9. The second-order valence-electron chi connectivity index (χ2n) is 12.9. The summed E-state index contributed by atoms with van der Waals surface area (Å²) in [5.41, 5.74) is 3.00. The Morgan fingerprint density at radius 2 is 1.76 bits per heavy atom. The number of nitrogens with zero attached hydrogens (tertiary/aromatic N) is 1. The molecule has 2 heterocycles. The van der Waals surface area contributed by atoms with Gasteiger partial charge in [0, 0.05) is 36.1 Å². The molecule has 0 aliphatic carbocycles. The molecule has 2 aliphatic heterocycles. The van der Waals surface area contributed by atoms with Crippen molar-refractivity contribution in [2.75, 3.05) is 12.3 Å². The van der Waals surface area contributed by atoms with Crippen LogP contribution in [0.25, 0.3) is 5.57 Å². The molecule has 10 nitrogen and oxygen atoms in total. The van der Waals surface area contributed by atoms with Crippen molar-refractivity contribution < 1.29 is 45.2 Å². The number of para-hydroxylation sites is 1. The van der Waals surface area contributed by atoms with Gasteiger partial charge in [0.15, 0.2) is 5.71 Å². The van der Waals surface area contributed by atoms with Crippen molar-refractivity contribution in [1.82, 2.24) is 0 Å². The zero-order chi connectivity index (χ0) is 33.9. The Morgan fingerprint density at radius 1 is 1.04 bits per heavy atom. The molecule has 2 N–H and O–H groups in total. The van der Waals surface area contributed by atoms with E-state index >= 15 is 0 Å². The number of rotatable bonds is 13. The van der Waals surface area contributed by atoms with Crippen LogP contribution < -0.4 is 4.74 Å². The lowest BCUT2D eigenvalue weighted by Crippen LogP contribution is -2.32. The molecule has 12 heteroatoms. The minimum Gasteiger partial charge on any atom is -0.744 e. The molecule has 46 heavy (non-hydrogen) atoms. The number of ether oxygens (including phenoxy) is 1. The van der Waals surface area contributed by atoms with Gasteiger partial charge in [0.1, 0.15) is 28.2 Å². The Labute approximate surface area is 271 Å². The van der Waals surface area contributed by atoms with Crippen LogP contribution >= 0.6 is 0 Å². The van der Waals surface area contributed by atoms with E-state index in [1.54, 1.807) is 6.07 Å². The summed E-state index contributed by atoms with van der Waals surface area (Å²) in [6, 6.07) is 12.0. The molecule has 1 atom stereocenters. The molecular weight excluding hydrogens is 631 g/mol. The number of fused-ring (bicyclic) bond motifs is 2. The average molecular weight is 672 g/mol. The molecule has 2 aromatic rings. The number of hydrogen-bond donors (Lipinski definition) is 2. The van der Waals surface area contributed by atoms with Crippen molar-refractivity contribution in [3.8, 4) is 5.75 Å². The van der Waals surface area contributed by atoms with Crippen molar-refractivity contribution in [3.05, 3.63) is 83.7 Å². The molecular formula is C34H41NO9S2. The smallest absolute Gasteiger partial charge is 0.303 e. The van der Waals surface area contributed by atoms with Gasteiger partial charge in [-0.15, -0.1) is 0 Å². The number of unbranched alkanes of at least 4 members (excludes halogenated alkanes) is 2. The summed E-state index contributed by atoms with van der Waals surface area (Å²) in [5, 5.41) is 9.04. The number of carbonyl (C=O) groups is 1. The van der Waals surface area contributed by atoms with Crippen LogP contribution in [0.5, 0.6) is 5.75 Å². The van der Waals surface area contributed by atoms with Gasteiger partial charge in [-0.1, -0.05) is 45.0 Å². The van der Waals surface area contributed by atoms with Gasteiger partial charge in [0.05, 0.1) is 16.1 Å². The Bertz CT molecular complexity index is 1850. The van der Waals surface area contributed by atoms with Crippen LogP contribution in [-0.4, -0.2) is 59.6 Å². The van der Waals surface area contributed by atoms with E-state index in [1.165, 1.54) is 12.1 Å². The lowest BCUT2D eigenvalue weighted by atomic mass is 9.75. The van der Waals surface area contributed by atoms with Crippen LogP contribution in [0.3, 0.4) is 0 Å². The zero-order valence-electron chi connectivity index (χ0n) is 26.5. The highest BCUT2D eigenvalue weighted by Gasteiger charge is 2.47. The fourth-order valence-electron chi connectivity index (χ4n) is 6.11. The fraction of sp³-hybridized carbons (Fsp3) is 0.412. The molecule has 2 aliphatic rings. The molecule has 0 saturated heterocycles. The summed E-state index contributed by atoms with van der Waals surface area (Å²) >= 11 is 0. The zero-order valence-corrected chi connectivity index (χ0v) is 28.2. The standard InChI is InChI=1S/C34H41NO9S2/c1-33(2,3)27-22-24(44-30-14-8-7-13-26(27)30)12-10-15-31-34(4,19-11-21-45(38,39)40)28-23-25(46(41,42)43)17-18-29(28)35(31)20-9-5-6-16-32(36)37/h7-8,10,12-15,17-18,22-23H,5-6,9,11,16,19-21H2,1-4H3,(H2-,36,37,38,39,40,41,42,43)/b15-10+,24-12+. The number of carboxylic acid groups (broad SMARTS) is 1. The van der Waals surface area contributed by atoms with Gasteiger partial charge in [-0.05, 0) is 73.9 Å². The second kappa shape index (κ2) is 13.6. The maximum Gasteiger partial charge on any atom is 0.303 e. The van der Waals surface area contributed by atoms with E-state index in [0.29, 0.717) is 42.8 Å². The molecule has 0 amide bonds. The summed E-state index contributed by atoms with van der Waals surface area (Å²) in [5.74, 6) is -0.00551. The maximum atomic E-state index is 12.0. The lowest BCUT2D eigenvalue weighted by Gasteiger charge is -2.29. The van der Waals surface area contributed by atoms with E-state index in [-0.39, 0.29) is 24.7 Å². The first-order valence-electron chi connectivity index (χ1n) is 15.2. The molecule has 0 fully saturated rings. The normalized spacial score (nSPS) is 19.3. The monoisotopic (exact) mass is 671 g/mol. The average Bonchev–Trinajstić information content (AvgIpc) is 3.17. The molecule has 0 spiro atoms. The highest BCUT2D eigenvalue weighted by Crippen LogP contribution is 2.45. The van der Waals surface area contributed by atoms with Crippen LogP contribution in [0, 0.1) is 5.41 Å². The van der Waals surface area contributed by atoms with E-state index in [2.05, 4.69) is 20.8 Å². The maximum absolute atomic E-state index is 12.0. The summed E-state index contributed by atoms with van der Waals surface area (Å²) in [6.07, 6.45) is 9.64. The minimum atomic E-state index is -4.78. The van der Waals surface area contributed by atoms with Crippen molar-refractivity contribution in [2.24, 2.45) is 5.41 Å². The molecule has 4 rings (SSSR count). The Kier molecular flexibility index (Phi) is 10.5. The van der Waals surface area contributed by atoms with Crippen LogP contribution in [0.4, 0.5) is 5.69 Å². The second-order valence-corrected chi connectivity index (χ2v) is 15.9. The molecule has 0 aromatic heterocycles. The molecule has 1 unspecified atom stereocenters. The van der Waals surface area contributed by atoms with Crippen molar-refractivity contribution in [2.45, 2.75) is 76.5 Å². The first kappa shape index (κ1) is 35.3. The summed E-state index contributed by atoms with van der Waals surface area (Å²) in [7, 11) is -9.03. The molecule has 0 saturated carbocycles. The van der Waals surface area contributed by atoms with E-state index in [1.807, 2.05) is 60.1 Å². The molecule has 248 valence electrons. The summed E-state index contributed by atoms with van der Waals surface area (Å²) in [6.45, 7) is 8.71. The van der Waals surface area contributed by atoms with Gasteiger partial charge in [-0.3, -0.25) is 9.35 Å². The predicted molar refractivity (Wildman–Crippen MR) is 175 cm³/mol. The molecule has 0 radical (unpaired) electrons. The van der Waals surface area contributed by atoms with Crippen molar-refractivity contribution >= 4 is 43.2 Å². The van der Waals surface area contributed by atoms with Gasteiger partial charge in [-0.25, -0.2) is 8.42 Å². The van der Waals surface area contributed by atoms with Crippen LogP contribution in [-0.2, 0) is 30.4 Å². The lowest BCUT2D eigenvalue weighted by molar-refractivity contribution is -0.438. The van der Waals surface area contributed by atoms with Gasteiger partial charge >= 0.3 is 5.97 Å². The third kappa shape index (κ3) is 8.41. The number of hydrogen-bond acceptors (Lipinski definition) is 7. The third-order valence-electron chi connectivity index (χ3n) is 8.36. The van der Waals surface area contributed by atoms with Gasteiger partial charge in [-0.2, -0.15) is 13.0 Å². The highest BCUT2D eigenvalue weighted by atomic mass is 32.2. The predicted octanol–water partition coefficient (Wildman–Crippen LogP) is 6.22. The fourth-order valence-corrected chi connectivity index (χ4v) is 7.12. The van der Waals surface area contributed by atoms with E-state index in [9.17, 15) is 30.7 Å². The van der Waals surface area contributed by atoms with Gasteiger partial charge in [0.25, 0.3) is 10.1 Å². The van der Waals surface area contributed by atoms with E-state index < -0.39 is 42.3 Å². The first-order valence-corrected chi connectivity index (χ1v) is 18.2. The van der Waals surface area contributed by atoms with Gasteiger partial charge < -0.3 is 14.4 Å². The van der Waals surface area contributed by atoms with Crippen LogP contribution in [0.1, 0.15) is 77.3 Å². The Hall–Kier alpha value is -3.58. The molecule has 0 bridgehead atoms. The SMILES string of the molecule is CC(C)(C)C1=C/C(=C\C=C\C2=[N+](CCCCCC(=O)O)c3ccc(S(=O)(=O)[O-])cc3C2(C)CCCS(=O)(=O)O)Oc2ccccc21. The largest absolute Gasteiger partial charge is 0.744 e. The number of aliphatic carboxylic acids is 1. The quantitative estimate of drug-likeness (QED) is 0.143. The van der Waals surface area contributed by atoms with Crippen molar-refractivity contribution in [3.63, 3.8) is 0 Å².